The van der Waals surface area contributed by atoms with Crippen LogP contribution in [0.3, 0.4) is 0 Å². The van der Waals surface area contributed by atoms with E-state index >= 15 is 0 Å². The van der Waals surface area contributed by atoms with Gasteiger partial charge in [0.1, 0.15) is 17.2 Å². The monoisotopic (exact) mass is 497 g/mol. The van der Waals surface area contributed by atoms with Gasteiger partial charge in [0, 0.05) is 34.6 Å². The van der Waals surface area contributed by atoms with Gasteiger partial charge < -0.3 is 9.88 Å². The molecule has 0 spiro atoms. The number of benzene rings is 3. The van der Waals surface area contributed by atoms with Crippen molar-refractivity contribution >= 4 is 28.8 Å². The number of hydrogen-bond acceptors (Lipinski definition) is 1. The maximum atomic E-state index is 13.9. The molecule has 0 atom stereocenters. The van der Waals surface area contributed by atoms with Crippen LogP contribution < -0.4 is 5.32 Å². The minimum atomic E-state index is -0.266. The summed E-state index contributed by atoms with van der Waals surface area (Å²) in [5, 5.41) is 3.69. The van der Waals surface area contributed by atoms with Crippen molar-refractivity contribution in [3.8, 4) is 22.4 Å². The van der Waals surface area contributed by atoms with Gasteiger partial charge in [0.05, 0.1) is 5.69 Å². The first kappa shape index (κ1) is 22.6. The highest BCUT2D eigenvalue weighted by Gasteiger charge is 2.29. The molecule has 180 valence electrons. The van der Waals surface area contributed by atoms with Crippen LogP contribution in [0.5, 0.6) is 0 Å². The van der Waals surface area contributed by atoms with Crippen LogP contribution in [0, 0.1) is 12.7 Å². The van der Waals surface area contributed by atoms with Gasteiger partial charge in [0.15, 0.2) is 0 Å². The fourth-order valence-corrected chi connectivity index (χ4v) is 5.34. The highest BCUT2D eigenvalue weighted by molar-refractivity contribution is 6.30. The van der Waals surface area contributed by atoms with Crippen molar-refractivity contribution in [3.63, 3.8) is 0 Å². The Morgan fingerprint density at radius 1 is 0.917 bits per heavy atom. The SMILES string of the molecule is Cc1ccc(-c2c3c4n(c(-c5ccc(F)cc5)cn4c2C(=O)Nc2ccc(Cl)cc2)CCCC3)cc1. The highest BCUT2D eigenvalue weighted by atomic mass is 35.5. The second kappa shape index (κ2) is 8.99. The lowest BCUT2D eigenvalue weighted by Crippen LogP contribution is -2.15. The van der Waals surface area contributed by atoms with Gasteiger partial charge in [-0.25, -0.2) is 4.39 Å². The van der Waals surface area contributed by atoms with Crippen LogP contribution in [-0.4, -0.2) is 14.9 Å². The summed E-state index contributed by atoms with van der Waals surface area (Å²) in [6, 6.07) is 22.0. The number of aromatic nitrogens is 2. The fraction of sp³-hybridized carbons (Fsp3) is 0.167. The molecule has 6 rings (SSSR count). The average Bonchev–Trinajstić information content (AvgIpc) is 3.29. The lowest BCUT2D eigenvalue weighted by atomic mass is 9.97. The maximum absolute atomic E-state index is 13.9. The molecule has 0 saturated carbocycles. The third-order valence-electron chi connectivity index (χ3n) is 6.93. The van der Waals surface area contributed by atoms with E-state index < -0.39 is 0 Å². The minimum absolute atomic E-state index is 0.183. The summed E-state index contributed by atoms with van der Waals surface area (Å²) >= 11 is 6.05. The number of anilines is 1. The van der Waals surface area contributed by atoms with Crippen molar-refractivity contribution in [1.82, 2.24) is 8.97 Å². The van der Waals surface area contributed by atoms with Crippen LogP contribution in [0.4, 0.5) is 10.1 Å². The van der Waals surface area contributed by atoms with Crippen LogP contribution in [0.2, 0.25) is 5.02 Å². The van der Waals surface area contributed by atoms with Crippen molar-refractivity contribution in [2.24, 2.45) is 0 Å². The second-order valence-corrected chi connectivity index (χ2v) is 9.79. The number of carbonyl (C=O) groups excluding carboxylic acids is 1. The first-order chi connectivity index (χ1) is 17.5. The van der Waals surface area contributed by atoms with Crippen LogP contribution in [-0.2, 0) is 13.0 Å². The molecule has 1 amide bonds. The maximum Gasteiger partial charge on any atom is 0.273 e. The molecule has 6 heteroatoms. The molecule has 1 aliphatic heterocycles. The van der Waals surface area contributed by atoms with Gasteiger partial charge >= 0.3 is 0 Å². The van der Waals surface area contributed by atoms with Gasteiger partial charge in [-0.15, -0.1) is 0 Å². The lowest BCUT2D eigenvalue weighted by molar-refractivity contribution is 0.102. The molecule has 3 aromatic carbocycles. The van der Waals surface area contributed by atoms with Crippen molar-refractivity contribution in [2.75, 3.05) is 5.32 Å². The Morgan fingerprint density at radius 2 is 1.61 bits per heavy atom. The first-order valence-corrected chi connectivity index (χ1v) is 12.5. The smallest absolute Gasteiger partial charge is 0.273 e. The number of amides is 1. The van der Waals surface area contributed by atoms with E-state index in [4.69, 9.17) is 11.6 Å². The number of hydrogen-bond donors (Lipinski definition) is 1. The van der Waals surface area contributed by atoms with Gasteiger partial charge in [-0.1, -0.05) is 41.4 Å². The van der Waals surface area contributed by atoms with Gasteiger partial charge in [0.25, 0.3) is 5.91 Å². The molecule has 0 bridgehead atoms. The van der Waals surface area contributed by atoms with Gasteiger partial charge in [-0.05, 0) is 85.8 Å². The number of carbonyl (C=O) groups is 1. The molecule has 4 nitrogen and oxygen atoms in total. The number of halogens is 2. The molecule has 0 fully saturated rings. The van der Waals surface area contributed by atoms with E-state index in [9.17, 15) is 9.18 Å². The summed E-state index contributed by atoms with van der Waals surface area (Å²) in [6.45, 7) is 2.90. The fourth-order valence-electron chi connectivity index (χ4n) is 5.21. The summed E-state index contributed by atoms with van der Waals surface area (Å²) in [5.74, 6) is -0.448. The molecule has 0 radical (unpaired) electrons. The molecule has 1 aliphatic rings. The zero-order valence-electron chi connectivity index (χ0n) is 19.9. The van der Waals surface area contributed by atoms with Crippen LogP contribution >= 0.6 is 11.6 Å². The molecule has 36 heavy (non-hydrogen) atoms. The van der Waals surface area contributed by atoms with E-state index in [1.165, 1.54) is 23.3 Å². The molecule has 0 unspecified atom stereocenters. The molecule has 5 aromatic rings. The summed E-state index contributed by atoms with van der Waals surface area (Å²) in [6.07, 6.45) is 4.97. The Hall–Kier alpha value is -3.83. The van der Waals surface area contributed by atoms with Crippen LogP contribution in [0.1, 0.15) is 34.5 Å². The molecule has 1 N–H and O–H groups in total. The number of imidazole rings is 1. The number of rotatable bonds is 4. The van der Waals surface area contributed by atoms with Crippen molar-refractivity contribution in [3.05, 3.63) is 107 Å². The topological polar surface area (TPSA) is 38.4 Å². The predicted molar refractivity (Wildman–Crippen MR) is 143 cm³/mol. The molecule has 0 saturated heterocycles. The Kier molecular flexibility index (Phi) is 5.65. The van der Waals surface area contributed by atoms with Gasteiger partial charge in [0.2, 0.25) is 0 Å². The van der Waals surface area contributed by atoms with Gasteiger partial charge in [-0.3, -0.25) is 9.20 Å². The largest absolute Gasteiger partial charge is 0.325 e. The normalized spacial score (nSPS) is 13.1. The van der Waals surface area contributed by atoms with Crippen LogP contribution in [0.25, 0.3) is 28.0 Å². The Morgan fingerprint density at radius 3 is 2.33 bits per heavy atom. The Balaban J connectivity index is 1.60. The van der Waals surface area contributed by atoms with E-state index in [-0.39, 0.29) is 11.7 Å². The highest BCUT2D eigenvalue weighted by Crippen LogP contribution is 2.39. The average molecular weight is 498 g/mol. The molecular formula is C30H25ClFN3O. The van der Waals surface area contributed by atoms with Crippen molar-refractivity contribution in [2.45, 2.75) is 32.7 Å². The summed E-state index contributed by atoms with van der Waals surface area (Å²) in [4.78, 5) is 13.9. The summed E-state index contributed by atoms with van der Waals surface area (Å²) < 4.78 is 18.0. The van der Waals surface area contributed by atoms with E-state index in [1.54, 1.807) is 36.4 Å². The zero-order valence-corrected chi connectivity index (χ0v) is 20.6. The summed E-state index contributed by atoms with van der Waals surface area (Å²) in [5.41, 5.74) is 8.55. The molecule has 2 aromatic heterocycles. The minimum Gasteiger partial charge on any atom is -0.325 e. The second-order valence-electron chi connectivity index (χ2n) is 9.35. The standard InChI is InChI=1S/C30H25ClFN3O/c1-19-5-7-21(8-6-19)27-25-4-2-3-17-34-26(20-9-13-23(32)14-10-20)18-35(30(25)34)28(27)29(36)33-24-15-11-22(31)12-16-24/h5-16,18H,2-4,17H2,1H3,(H,33,36). The number of nitrogens with one attached hydrogen (secondary N) is 1. The zero-order chi connectivity index (χ0) is 24.8. The molecule has 3 heterocycles. The third kappa shape index (κ3) is 3.90. The predicted octanol–water partition coefficient (Wildman–Crippen LogP) is 7.76. The number of aryl methyl sites for hydroxylation is 3. The van der Waals surface area contributed by atoms with E-state index in [2.05, 4.69) is 41.1 Å². The molecule has 0 aliphatic carbocycles. The molecular weight excluding hydrogens is 473 g/mol. The quantitative estimate of drug-likeness (QED) is 0.270. The van der Waals surface area contributed by atoms with Crippen LogP contribution in [0.15, 0.2) is 79.0 Å². The van der Waals surface area contributed by atoms with Gasteiger partial charge in [-0.2, -0.15) is 0 Å². The Bertz CT molecular complexity index is 1580. The summed E-state index contributed by atoms with van der Waals surface area (Å²) in [7, 11) is 0. The van der Waals surface area contributed by atoms with E-state index in [0.717, 1.165) is 53.8 Å². The lowest BCUT2D eigenvalue weighted by Gasteiger charge is -2.11. The number of nitrogens with zero attached hydrogens (tertiary/aromatic N) is 2. The third-order valence-corrected chi connectivity index (χ3v) is 7.18. The van der Waals surface area contributed by atoms with E-state index in [1.807, 2.05) is 10.6 Å². The first-order valence-electron chi connectivity index (χ1n) is 12.2. The van der Waals surface area contributed by atoms with Crippen molar-refractivity contribution < 1.29 is 9.18 Å². The van der Waals surface area contributed by atoms with E-state index in [0.29, 0.717) is 16.4 Å². The van der Waals surface area contributed by atoms with Crippen molar-refractivity contribution in [1.29, 1.82) is 0 Å². The Labute approximate surface area is 214 Å².